The summed E-state index contributed by atoms with van der Waals surface area (Å²) in [4.78, 5) is 12.9. The molecule has 0 amide bonds. The molecule has 3 rings (SSSR count). The van der Waals surface area contributed by atoms with Gasteiger partial charge < -0.3 is 0 Å². The van der Waals surface area contributed by atoms with E-state index in [1.165, 1.54) is 0 Å². The molecule has 0 saturated heterocycles. The summed E-state index contributed by atoms with van der Waals surface area (Å²) in [7, 11) is 0. The molecule has 0 aliphatic carbocycles. The van der Waals surface area contributed by atoms with E-state index < -0.39 is 0 Å². The molecule has 4 nitrogen and oxygen atoms in total. The third-order valence-electron chi connectivity index (χ3n) is 3.28. The Balaban J connectivity index is 2.19. The van der Waals surface area contributed by atoms with Gasteiger partial charge in [0, 0.05) is 20.6 Å². The van der Waals surface area contributed by atoms with Gasteiger partial charge >= 0.3 is 0 Å². The van der Waals surface area contributed by atoms with Crippen LogP contribution in [0.15, 0.2) is 46.9 Å². The minimum atomic E-state index is 0.0762. The van der Waals surface area contributed by atoms with Crippen LogP contribution in [0.1, 0.15) is 11.4 Å². The molecule has 0 fully saturated rings. The van der Waals surface area contributed by atoms with Crippen LogP contribution >= 0.6 is 27.5 Å². The van der Waals surface area contributed by atoms with E-state index in [2.05, 4.69) is 30.9 Å². The molecule has 3 aromatic rings. The topological polar surface area (TPSA) is 62.5 Å². The predicted molar refractivity (Wildman–Crippen MR) is 92.9 cm³/mol. The number of hydrogen-bond donors (Lipinski definition) is 0. The van der Waals surface area contributed by atoms with Gasteiger partial charge in [-0.25, -0.2) is 4.98 Å². The Morgan fingerprint density at radius 3 is 2.39 bits per heavy atom. The van der Waals surface area contributed by atoms with Crippen molar-refractivity contribution in [1.29, 1.82) is 5.26 Å². The molecule has 0 spiro atoms. The number of nitrogens with zero attached hydrogens (tertiary/aromatic N) is 4. The Kier molecular flexibility index (Phi) is 4.37. The van der Waals surface area contributed by atoms with Gasteiger partial charge in [-0.3, -0.25) is 0 Å². The first-order valence-corrected chi connectivity index (χ1v) is 7.92. The Labute approximate surface area is 146 Å². The summed E-state index contributed by atoms with van der Waals surface area (Å²) in [6.45, 7) is 1.95. The maximum absolute atomic E-state index is 9.21. The van der Waals surface area contributed by atoms with Crippen LogP contribution in [-0.4, -0.2) is 15.0 Å². The summed E-state index contributed by atoms with van der Waals surface area (Å²) in [5, 5.41) is 9.80. The molecule has 0 unspecified atom stereocenters. The van der Waals surface area contributed by atoms with Crippen LogP contribution in [0, 0.1) is 18.3 Å². The lowest BCUT2D eigenvalue weighted by Gasteiger charge is -2.07. The Bertz CT molecular complexity index is 917. The SMILES string of the molecule is Cc1ccc(Cl)cc1-c1nc(C#N)nc(-c2ccc(Br)cc2)n1. The van der Waals surface area contributed by atoms with Crippen LogP contribution in [0.25, 0.3) is 22.8 Å². The fourth-order valence-corrected chi connectivity index (χ4v) is 2.55. The van der Waals surface area contributed by atoms with Crippen molar-refractivity contribution < 1.29 is 0 Å². The Morgan fingerprint density at radius 2 is 1.70 bits per heavy atom. The van der Waals surface area contributed by atoms with E-state index in [9.17, 15) is 5.26 Å². The number of aromatic nitrogens is 3. The van der Waals surface area contributed by atoms with Crippen molar-refractivity contribution >= 4 is 27.5 Å². The van der Waals surface area contributed by atoms with E-state index in [0.717, 1.165) is 21.2 Å². The molecule has 1 heterocycles. The average molecular weight is 386 g/mol. The molecule has 0 aliphatic rings. The van der Waals surface area contributed by atoms with E-state index in [1.54, 1.807) is 6.07 Å². The normalized spacial score (nSPS) is 10.3. The van der Waals surface area contributed by atoms with Gasteiger partial charge in [0.2, 0.25) is 5.82 Å². The minimum Gasteiger partial charge on any atom is -0.208 e. The van der Waals surface area contributed by atoms with Gasteiger partial charge in [-0.15, -0.1) is 0 Å². The summed E-state index contributed by atoms with van der Waals surface area (Å²) >= 11 is 9.47. The maximum atomic E-state index is 9.21. The van der Waals surface area contributed by atoms with Crippen molar-refractivity contribution in [2.45, 2.75) is 6.92 Å². The molecule has 0 aliphatic heterocycles. The highest BCUT2D eigenvalue weighted by molar-refractivity contribution is 9.10. The highest BCUT2D eigenvalue weighted by Gasteiger charge is 2.12. The van der Waals surface area contributed by atoms with Crippen LogP contribution in [0.3, 0.4) is 0 Å². The van der Waals surface area contributed by atoms with Gasteiger partial charge in [0.25, 0.3) is 0 Å². The number of hydrogen-bond acceptors (Lipinski definition) is 4. The lowest BCUT2D eigenvalue weighted by molar-refractivity contribution is 1.03. The molecule has 0 saturated carbocycles. The summed E-state index contributed by atoms with van der Waals surface area (Å²) in [5.74, 6) is 0.972. The summed E-state index contributed by atoms with van der Waals surface area (Å²) in [5.41, 5.74) is 2.58. The molecular formula is C17H10BrClN4. The van der Waals surface area contributed by atoms with Crippen molar-refractivity contribution in [2.75, 3.05) is 0 Å². The fraction of sp³-hybridized carbons (Fsp3) is 0.0588. The van der Waals surface area contributed by atoms with Crippen LogP contribution in [-0.2, 0) is 0 Å². The molecule has 0 radical (unpaired) electrons. The largest absolute Gasteiger partial charge is 0.236 e. The van der Waals surface area contributed by atoms with Gasteiger partial charge in [-0.1, -0.05) is 45.7 Å². The van der Waals surface area contributed by atoms with E-state index in [1.807, 2.05) is 49.4 Å². The van der Waals surface area contributed by atoms with E-state index in [4.69, 9.17) is 11.6 Å². The maximum Gasteiger partial charge on any atom is 0.236 e. The second-order valence-electron chi connectivity index (χ2n) is 4.88. The third-order valence-corrected chi connectivity index (χ3v) is 4.04. The minimum absolute atomic E-state index is 0.0762. The zero-order valence-electron chi connectivity index (χ0n) is 12.1. The first-order valence-electron chi connectivity index (χ1n) is 6.75. The highest BCUT2D eigenvalue weighted by atomic mass is 79.9. The van der Waals surface area contributed by atoms with Crippen LogP contribution in [0.2, 0.25) is 5.02 Å². The van der Waals surface area contributed by atoms with Crippen molar-refractivity contribution in [1.82, 2.24) is 15.0 Å². The first-order chi connectivity index (χ1) is 11.1. The lowest BCUT2D eigenvalue weighted by Crippen LogP contribution is -2.01. The lowest BCUT2D eigenvalue weighted by atomic mass is 10.1. The molecule has 0 N–H and O–H groups in total. The van der Waals surface area contributed by atoms with Gasteiger partial charge in [0.15, 0.2) is 11.6 Å². The van der Waals surface area contributed by atoms with Crippen LogP contribution < -0.4 is 0 Å². The molecular weight excluding hydrogens is 376 g/mol. The summed E-state index contributed by atoms with van der Waals surface area (Å²) in [6.07, 6.45) is 0. The van der Waals surface area contributed by atoms with Gasteiger partial charge in [-0.2, -0.15) is 15.2 Å². The molecule has 1 aromatic heterocycles. The summed E-state index contributed by atoms with van der Waals surface area (Å²) in [6, 6.07) is 15.0. The zero-order chi connectivity index (χ0) is 16.4. The fourth-order valence-electron chi connectivity index (χ4n) is 2.11. The summed E-state index contributed by atoms with van der Waals surface area (Å²) < 4.78 is 0.960. The van der Waals surface area contributed by atoms with Gasteiger partial charge in [0.05, 0.1) is 0 Å². The van der Waals surface area contributed by atoms with Gasteiger partial charge in [-0.05, 0) is 36.8 Å². The molecule has 0 atom stereocenters. The van der Waals surface area contributed by atoms with Crippen molar-refractivity contribution in [3.05, 3.63) is 63.3 Å². The first kappa shape index (κ1) is 15.6. The van der Waals surface area contributed by atoms with Crippen molar-refractivity contribution in [3.8, 4) is 28.8 Å². The van der Waals surface area contributed by atoms with E-state index in [0.29, 0.717) is 16.7 Å². The molecule has 112 valence electrons. The Hall–Kier alpha value is -2.29. The Morgan fingerprint density at radius 1 is 1.00 bits per heavy atom. The number of nitriles is 1. The zero-order valence-corrected chi connectivity index (χ0v) is 14.4. The predicted octanol–water partition coefficient (Wildman–Crippen LogP) is 4.80. The molecule has 23 heavy (non-hydrogen) atoms. The van der Waals surface area contributed by atoms with Crippen molar-refractivity contribution in [2.24, 2.45) is 0 Å². The van der Waals surface area contributed by atoms with Crippen LogP contribution in [0.5, 0.6) is 0 Å². The van der Waals surface area contributed by atoms with Gasteiger partial charge in [0.1, 0.15) is 6.07 Å². The second kappa shape index (κ2) is 6.45. The third kappa shape index (κ3) is 3.39. The van der Waals surface area contributed by atoms with E-state index in [-0.39, 0.29) is 5.82 Å². The average Bonchev–Trinajstić information content (AvgIpc) is 2.57. The number of benzene rings is 2. The molecule has 2 aromatic carbocycles. The quantitative estimate of drug-likeness (QED) is 0.635. The standard InChI is InChI=1S/C17H10BrClN4/c1-10-2-7-13(19)8-14(10)17-22-15(9-20)21-16(23-17)11-3-5-12(18)6-4-11/h2-8H,1H3. The number of aryl methyl sites for hydroxylation is 1. The molecule has 0 bridgehead atoms. The number of rotatable bonds is 2. The molecule has 6 heteroatoms. The monoisotopic (exact) mass is 384 g/mol. The number of halogens is 2. The highest BCUT2D eigenvalue weighted by Crippen LogP contribution is 2.26. The van der Waals surface area contributed by atoms with Crippen molar-refractivity contribution in [3.63, 3.8) is 0 Å². The van der Waals surface area contributed by atoms with Crippen LogP contribution in [0.4, 0.5) is 0 Å². The second-order valence-corrected chi connectivity index (χ2v) is 6.24. The smallest absolute Gasteiger partial charge is 0.208 e. The van der Waals surface area contributed by atoms with E-state index >= 15 is 0 Å².